The molecule has 0 spiro atoms. The summed E-state index contributed by atoms with van der Waals surface area (Å²) in [5.74, 6) is -3.44. The molecule has 0 aliphatic rings. The molecule has 2 aromatic carbocycles. The molecule has 0 fully saturated rings. The molecule has 10 heteroatoms. The molecule has 0 saturated carbocycles. The van der Waals surface area contributed by atoms with Crippen molar-refractivity contribution in [3.8, 4) is 11.5 Å². The number of carbonyl (C=O) groups is 4. The van der Waals surface area contributed by atoms with Crippen LogP contribution in [0.15, 0.2) is 72.1 Å². The molecule has 0 atom stereocenters. The zero-order valence-electron chi connectivity index (χ0n) is 14.1. The van der Waals surface area contributed by atoms with Gasteiger partial charge in [-0.25, -0.2) is 19.2 Å². The van der Waals surface area contributed by atoms with Crippen molar-refractivity contribution in [2.75, 3.05) is 0 Å². The Hall–Kier alpha value is -4.34. The highest BCUT2D eigenvalue weighted by molar-refractivity contribution is 6.02. The fourth-order valence-electron chi connectivity index (χ4n) is 1.89. The van der Waals surface area contributed by atoms with E-state index in [-0.39, 0.29) is 11.5 Å². The van der Waals surface area contributed by atoms with Gasteiger partial charge in [-0.1, -0.05) is 36.4 Å². The molecule has 0 heterocycles. The van der Waals surface area contributed by atoms with Crippen molar-refractivity contribution in [3.05, 3.63) is 72.1 Å². The van der Waals surface area contributed by atoms with Gasteiger partial charge in [0, 0.05) is 0 Å². The lowest BCUT2D eigenvalue weighted by Gasteiger charge is -2.12. The largest absolute Gasteiger partial charge is 0.477 e. The van der Waals surface area contributed by atoms with E-state index in [1.54, 1.807) is 47.0 Å². The summed E-state index contributed by atoms with van der Waals surface area (Å²) in [6, 6.07) is 15.3. The van der Waals surface area contributed by atoms with Crippen molar-refractivity contribution in [3.63, 3.8) is 0 Å². The van der Waals surface area contributed by atoms with Gasteiger partial charge in [-0.3, -0.25) is 10.6 Å². The number of rotatable bonds is 6. The van der Waals surface area contributed by atoms with E-state index in [0.29, 0.717) is 0 Å². The smallest absolute Gasteiger partial charge is 0.417 e. The Morgan fingerprint density at radius 2 is 0.929 bits per heavy atom. The van der Waals surface area contributed by atoms with Crippen LogP contribution < -0.4 is 20.1 Å². The number of aliphatic carboxylic acids is 2. The third-order valence-corrected chi connectivity index (χ3v) is 3.04. The summed E-state index contributed by atoms with van der Waals surface area (Å²) >= 11 is 0. The van der Waals surface area contributed by atoms with Gasteiger partial charge in [0.15, 0.2) is 11.4 Å². The molecule has 0 aliphatic carbocycles. The Labute approximate surface area is 158 Å². The minimum Gasteiger partial charge on any atom is -0.477 e. The summed E-state index contributed by atoms with van der Waals surface area (Å²) < 4.78 is 9.68. The molecule has 2 amide bonds. The maximum Gasteiger partial charge on any atom is 0.417 e. The van der Waals surface area contributed by atoms with Crippen LogP contribution in [0, 0.1) is 0 Å². The Morgan fingerprint density at radius 1 is 0.607 bits per heavy atom. The van der Waals surface area contributed by atoms with E-state index in [9.17, 15) is 29.4 Å². The van der Waals surface area contributed by atoms with Gasteiger partial charge in [0.1, 0.15) is 11.5 Å². The number of benzene rings is 2. The van der Waals surface area contributed by atoms with Crippen molar-refractivity contribution in [1.29, 1.82) is 0 Å². The molecule has 0 saturated heterocycles. The second-order valence-corrected chi connectivity index (χ2v) is 5.02. The van der Waals surface area contributed by atoms with Gasteiger partial charge >= 0.3 is 24.1 Å². The monoisotopic (exact) mass is 386 g/mol. The number of amides is 2. The van der Waals surface area contributed by atoms with Gasteiger partial charge in [0.25, 0.3) is 0 Å². The van der Waals surface area contributed by atoms with E-state index >= 15 is 0 Å². The SMILES string of the molecule is O=C(NC(C(=O)O)=C(NC(=O)Oc1ccccc1)C(=O)O)Oc1ccccc1. The lowest BCUT2D eigenvalue weighted by molar-refractivity contribution is -0.136. The lowest BCUT2D eigenvalue weighted by Crippen LogP contribution is -2.38. The molecule has 4 N–H and O–H groups in total. The Bertz CT molecular complexity index is 834. The fourth-order valence-corrected chi connectivity index (χ4v) is 1.89. The first-order valence-corrected chi connectivity index (χ1v) is 7.65. The van der Waals surface area contributed by atoms with Crippen molar-refractivity contribution < 1.29 is 38.9 Å². The maximum atomic E-state index is 11.9. The summed E-state index contributed by atoms with van der Waals surface area (Å²) in [6.45, 7) is 0. The third-order valence-electron chi connectivity index (χ3n) is 3.04. The van der Waals surface area contributed by atoms with Crippen LogP contribution in [0.2, 0.25) is 0 Å². The average Bonchev–Trinajstić information content (AvgIpc) is 2.65. The fraction of sp³-hybridized carbons (Fsp3) is 0. The molecular formula is C18H14N2O8. The lowest BCUT2D eigenvalue weighted by atomic mass is 10.3. The van der Waals surface area contributed by atoms with Gasteiger partial charge in [-0.2, -0.15) is 0 Å². The van der Waals surface area contributed by atoms with Crippen molar-refractivity contribution in [1.82, 2.24) is 10.6 Å². The molecule has 2 rings (SSSR count). The molecule has 0 aromatic heterocycles. The Kier molecular flexibility index (Phi) is 6.69. The normalized spacial score (nSPS) is 10.9. The first-order valence-electron chi connectivity index (χ1n) is 7.65. The Balaban J connectivity index is 2.17. The number of hydrogen-bond donors (Lipinski definition) is 4. The third kappa shape index (κ3) is 5.88. The topological polar surface area (TPSA) is 151 Å². The van der Waals surface area contributed by atoms with E-state index in [1.807, 2.05) is 0 Å². The zero-order chi connectivity index (χ0) is 20.5. The van der Waals surface area contributed by atoms with Crippen LogP contribution in [-0.2, 0) is 9.59 Å². The highest BCUT2D eigenvalue weighted by Crippen LogP contribution is 2.11. The summed E-state index contributed by atoms with van der Waals surface area (Å²) in [5, 5.41) is 22.0. The quantitative estimate of drug-likeness (QED) is 0.550. The van der Waals surface area contributed by atoms with Crippen molar-refractivity contribution >= 4 is 24.1 Å². The maximum absolute atomic E-state index is 11.9. The van der Waals surface area contributed by atoms with Crippen molar-refractivity contribution in [2.45, 2.75) is 0 Å². The summed E-state index contributed by atoms with van der Waals surface area (Å²) in [6.07, 6.45) is -2.53. The zero-order valence-corrected chi connectivity index (χ0v) is 14.1. The van der Waals surface area contributed by atoms with Crippen LogP contribution in [-0.4, -0.2) is 34.3 Å². The van der Waals surface area contributed by atoms with Crippen LogP contribution >= 0.6 is 0 Å². The number of nitrogens with one attached hydrogen (secondary N) is 2. The molecule has 10 nitrogen and oxygen atoms in total. The highest BCUT2D eigenvalue weighted by atomic mass is 16.6. The van der Waals surface area contributed by atoms with Gasteiger partial charge in [0.2, 0.25) is 0 Å². The number of ether oxygens (including phenoxy) is 2. The number of hydrogen-bond acceptors (Lipinski definition) is 6. The number of carbonyl (C=O) groups excluding carboxylic acids is 2. The minimum atomic E-state index is -1.82. The second kappa shape index (κ2) is 9.38. The van der Waals surface area contributed by atoms with Crippen LogP contribution in [0.5, 0.6) is 11.5 Å². The Morgan fingerprint density at radius 3 is 1.21 bits per heavy atom. The summed E-state index contributed by atoms with van der Waals surface area (Å²) in [7, 11) is 0. The number of carboxylic acids is 2. The van der Waals surface area contributed by atoms with Crippen LogP contribution in [0.3, 0.4) is 0 Å². The first-order chi connectivity index (χ1) is 13.4. The molecule has 0 unspecified atom stereocenters. The molecule has 144 valence electrons. The van der Waals surface area contributed by atoms with E-state index in [1.165, 1.54) is 24.3 Å². The highest BCUT2D eigenvalue weighted by Gasteiger charge is 2.25. The van der Waals surface area contributed by atoms with E-state index in [2.05, 4.69) is 0 Å². The van der Waals surface area contributed by atoms with E-state index in [4.69, 9.17) is 9.47 Å². The predicted octanol–water partition coefficient (Wildman–Crippen LogP) is 1.94. The molecule has 0 aliphatic heterocycles. The number of para-hydroxylation sites is 2. The van der Waals surface area contributed by atoms with E-state index in [0.717, 1.165) is 0 Å². The van der Waals surface area contributed by atoms with Gasteiger partial charge < -0.3 is 19.7 Å². The molecule has 28 heavy (non-hydrogen) atoms. The summed E-state index contributed by atoms with van der Waals surface area (Å²) in [4.78, 5) is 46.5. The van der Waals surface area contributed by atoms with Crippen LogP contribution in [0.4, 0.5) is 9.59 Å². The average molecular weight is 386 g/mol. The minimum absolute atomic E-state index is 0.0954. The molecule has 0 bridgehead atoms. The summed E-state index contributed by atoms with van der Waals surface area (Å²) in [5.41, 5.74) is -2.23. The van der Waals surface area contributed by atoms with Crippen molar-refractivity contribution in [2.24, 2.45) is 0 Å². The second-order valence-electron chi connectivity index (χ2n) is 5.02. The number of carboxylic acid groups (broad SMARTS) is 2. The molecule has 0 radical (unpaired) electrons. The molecule has 2 aromatic rings. The van der Waals surface area contributed by atoms with E-state index < -0.39 is 35.5 Å². The van der Waals surface area contributed by atoms with Gasteiger partial charge in [-0.05, 0) is 24.3 Å². The van der Waals surface area contributed by atoms with Gasteiger partial charge in [0.05, 0.1) is 0 Å². The predicted molar refractivity (Wildman–Crippen MR) is 93.5 cm³/mol. The van der Waals surface area contributed by atoms with Gasteiger partial charge in [-0.15, -0.1) is 0 Å². The van der Waals surface area contributed by atoms with Crippen LogP contribution in [0.1, 0.15) is 0 Å². The standard InChI is InChI=1S/C18H14N2O8/c21-15(22)13(19-17(25)27-11-7-3-1-4-8-11)14(16(23)24)20-18(26)28-12-9-5-2-6-10-12/h1-10H,(H,19,25)(H,20,26)(H,21,22)(H,23,24). The molecular weight excluding hydrogens is 372 g/mol. The first kappa shape index (κ1) is 20.0. The van der Waals surface area contributed by atoms with Crippen LogP contribution in [0.25, 0.3) is 0 Å².